The fourth-order valence-corrected chi connectivity index (χ4v) is 7.30. The van der Waals surface area contributed by atoms with Gasteiger partial charge in [0.05, 0.1) is 51.3 Å². The van der Waals surface area contributed by atoms with Crippen molar-refractivity contribution in [3.63, 3.8) is 0 Å². The molecule has 0 saturated carbocycles. The number of para-hydroxylation sites is 2. The van der Waals surface area contributed by atoms with Gasteiger partial charge in [-0.15, -0.1) is 20.5 Å². The van der Waals surface area contributed by atoms with Crippen molar-refractivity contribution in [2.45, 2.75) is 66.5 Å². The highest BCUT2D eigenvalue weighted by atomic mass is 16.6. The number of aliphatic hydroxyl groups is 2. The molecule has 0 fully saturated rings. The average Bonchev–Trinajstić information content (AvgIpc) is 4.04. The van der Waals surface area contributed by atoms with E-state index in [0.717, 1.165) is 6.42 Å². The molecule has 4 aromatic heterocycles. The Bertz CT molecular complexity index is 3360. The lowest BCUT2D eigenvalue weighted by Gasteiger charge is -2.19. The molecule has 28 nitrogen and oxygen atoms in total. The van der Waals surface area contributed by atoms with Crippen LogP contribution in [0.4, 0.5) is 57.7 Å². The largest absolute Gasteiger partial charge is 0.394 e. The lowest BCUT2D eigenvalue weighted by atomic mass is 10.1. The summed E-state index contributed by atoms with van der Waals surface area (Å²) >= 11 is 0. The molecule has 6 N–H and O–H groups in total. The smallest absolute Gasteiger partial charge is 0.294 e. The summed E-state index contributed by atoms with van der Waals surface area (Å²) in [4.78, 5) is 30.7. The molecule has 0 spiro atoms. The van der Waals surface area contributed by atoms with Gasteiger partial charge >= 0.3 is 0 Å². The Hall–Kier alpha value is -9.84. The molecular weight excluding hydrogens is 1010 g/mol. The standard InChI is InChI=1S/C26H30N10O4.C24H26N10O4/c1-17-21(15-27)24(29-11-5-13-39-3)31-25(30-12-6-14-40-4)23(17)32-33-26-22(16-28)18(2)34-35(26)19-7-9-20(10-8-19)36(37)38;1-13(11-35)27-22-17(9-25)15(3)21(23(29-22)28-14(2)12-36)30-31-24-18(10-26)16(4)32-33(24)19-7-5-6-8-20(19)34(37)38/h7-10H,5-6,11-14H2,1-4H3,(H2,29,30,31);5-8,13-14,35-36H,11-12H2,1-4H3,(H2,27,28,29). The van der Waals surface area contributed by atoms with Crippen molar-refractivity contribution in [1.82, 2.24) is 29.5 Å². The molecule has 404 valence electrons. The van der Waals surface area contributed by atoms with Gasteiger partial charge in [0, 0.05) is 81.9 Å². The summed E-state index contributed by atoms with van der Waals surface area (Å²) in [6, 6.07) is 19.1. The summed E-state index contributed by atoms with van der Waals surface area (Å²) in [7, 11) is 3.24. The minimum absolute atomic E-state index is 0.0468. The van der Waals surface area contributed by atoms with Crippen LogP contribution in [-0.4, -0.2) is 115 Å². The number of hydrogen-bond donors (Lipinski definition) is 6. The molecule has 0 aliphatic rings. The Balaban J connectivity index is 0.000000288. The van der Waals surface area contributed by atoms with Gasteiger partial charge in [-0.2, -0.15) is 31.2 Å². The van der Waals surface area contributed by atoms with Crippen LogP contribution in [0.15, 0.2) is 69.0 Å². The van der Waals surface area contributed by atoms with E-state index in [1.54, 1.807) is 61.8 Å². The molecular formula is C50H56N20O8. The normalized spacial score (nSPS) is 11.7. The second-order valence-corrected chi connectivity index (χ2v) is 17.1. The van der Waals surface area contributed by atoms with Gasteiger partial charge in [-0.05, 0) is 72.6 Å². The van der Waals surface area contributed by atoms with Crippen molar-refractivity contribution in [2.75, 3.05) is 75.0 Å². The first-order chi connectivity index (χ1) is 37.5. The number of aromatic nitrogens is 6. The van der Waals surface area contributed by atoms with Crippen LogP contribution < -0.4 is 21.3 Å². The number of rotatable bonds is 24. The number of anilines is 4. The molecule has 0 saturated heterocycles. The zero-order valence-corrected chi connectivity index (χ0v) is 43.9. The first kappa shape index (κ1) is 59.0. The number of nitriles is 4. The van der Waals surface area contributed by atoms with E-state index < -0.39 is 21.9 Å². The van der Waals surface area contributed by atoms with Crippen molar-refractivity contribution in [3.8, 4) is 35.7 Å². The Labute approximate surface area is 447 Å². The lowest BCUT2D eigenvalue weighted by Crippen LogP contribution is -2.23. The topological polar surface area (TPSA) is 399 Å². The minimum atomic E-state index is -0.565. The number of azo groups is 2. The maximum Gasteiger partial charge on any atom is 0.294 e. The fraction of sp³-hybridized carbons (Fsp3) is 0.360. The zero-order chi connectivity index (χ0) is 57.1. The number of methoxy groups -OCH3 is 2. The summed E-state index contributed by atoms with van der Waals surface area (Å²) in [5, 5.41) is 120. The van der Waals surface area contributed by atoms with Gasteiger partial charge < -0.3 is 41.0 Å². The van der Waals surface area contributed by atoms with Crippen LogP contribution in [-0.2, 0) is 9.47 Å². The molecule has 0 bridgehead atoms. The van der Waals surface area contributed by atoms with E-state index in [1.807, 2.05) is 6.07 Å². The number of ether oxygens (including phenoxy) is 2. The predicted molar refractivity (Wildman–Crippen MR) is 285 cm³/mol. The number of hydrogen-bond acceptors (Lipinski definition) is 24. The first-order valence-electron chi connectivity index (χ1n) is 23.9. The fourth-order valence-electron chi connectivity index (χ4n) is 7.30. The van der Waals surface area contributed by atoms with Crippen LogP contribution in [0, 0.1) is 93.2 Å². The van der Waals surface area contributed by atoms with Crippen LogP contribution >= 0.6 is 0 Å². The van der Waals surface area contributed by atoms with Crippen LogP contribution in [0.2, 0.25) is 0 Å². The van der Waals surface area contributed by atoms with Gasteiger partial charge in [0.2, 0.25) is 0 Å². The Morgan fingerprint density at radius 1 is 0.628 bits per heavy atom. The van der Waals surface area contributed by atoms with Crippen LogP contribution in [0.5, 0.6) is 0 Å². The Morgan fingerprint density at radius 2 is 1.09 bits per heavy atom. The summed E-state index contributed by atoms with van der Waals surface area (Å²) in [6.45, 7) is 11.8. The third-order valence-electron chi connectivity index (χ3n) is 11.4. The number of nitrogens with zero attached hydrogens (tertiary/aromatic N) is 16. The van der Waals surface area contributed by atoms with Crippen molar-refractivity contribution >= 4 is 57.7 Å². The molecule has 0 aliphatic carbocycles. The Morgan fingerprint density at radius 3 is 1.59 bits per heavy atom. The number of nitrogens with one attached hydrogen (secondary N) is 4. The van der Waals surface area contributed by atoms with Gasteiger partial charge in [0.1, 0.15) is 64.1 Å². The average molecular weight is 1070 g/mol. The molecule has 2 unspecified atom stereocenters. The number of non-ortho nitro benzene ring substituents is 1. The number of aliphatic hydroxyl groups excluding tert-OH is 2. The molecule has 6 rings (SSSR count). The summed E-state index contributed by atoms with van der Waals surface area (Å²) in [5.41, 5.74) is 3.07. The molecule has 2 atom stereocenters. The number of nitro benzene ring substituents is 2. The molecule has 2 aromatic carbocycles. The lowest BCUT2D eigenvalue weighted by molar-refractivity contribution is -0.384. The van der Waals surface area contributed by atoms with Gasteiger partial charge in [0.25, 0.3) is 11.4 Å². The number of nitro groups is 2. The number of benzene rings is 2. The zero-order valence-electron chi connectivity index (χ0n) is 43.9. The molecule has 4 heterocycles. The van der Waals surface area contributed by atoms with Gasteiger partial charge in [0.15, 0.2) is 23.3 Å². The van der Waals surface area contributed by atoms with Gasteiger partial charge in [-0.25, -0.2) is 19.3 Å². The predicted octanol–water partition coefficient (Wildman–Crippen LogP) is 8.38. The summed E-state index contributed by atoms with van der Waals surface area (Å²) in [6.07, 6.45) is 1.43. The number of aryl methyl sites for hydroxylation is 2. The maximum atomic E-state index is 11.6. The van der Waals surface area contributed by atoms with E-state index in [0.29, 0.717) is 78.1 Å². The van der Waals surface area contributed by atoms with E-state index in [1.165, 1.54) is 51.8 Å². The van der Waals surface area contributed by atoms with Crippen LogP contribution in [0.3, 0.4) is 0 Å². The maximum absolute atomic E-state index is 11.6. The van der Waals surface area contributed by atoms with Crippen LogP contribution in [0.25, 0.3) is 11.4 Å². The second-order valence-electron chi connectivity index (χ2n) is 17.1. The van der Waals surface area contributed by atoms with Crippen molar-refractivity contribution in [2.24, 2.45) is 20.5 Å². The first-order valence-corrected chi connectivity index (χ1v) is 23.9. The molecule has 0 radical (unpaired) electrons. The van der Waals surface area contributed by atoms with Crippen molar-refractivity contribution < 1.29 is 29.5 Å². The van der Waals surface area contributed by atoms with E-state index in [2.05, 4.69) is 80.1 Å². The third kappa shape index (κ3) is 14.1. The van der Waals surface area contributed by atoms with Crippen LogP contribution in [0.1, 0.15) is 71.5 Å². The molecule has 78 heavy (non-hydrogen) atoms. The van der Waals surface area contributed by atoms with Gasteiger partial charge in [-0.1, -0.05) is 12.1 Å². The second kappa shape index (κ2) is 28.2. The SMILES string of the molecule is COCCCNc1nc(NCCCOC)c(N=Nc2c(C#N)c(C)nn2-c2ccc([N+](=O)[O-])cc2)c(C)c1C#N.Cc1nn(-c2ccccc2[N+](=O)[O-])c(N=Nc2c(NC(C)CO)nc(NC(C)CO)c(C#N)c2C)c1C#N. The quantitative estimate of drug-likeness (QED) is 0.0143. The molecule has 6 aromatic rings. The highest BCUT2D eigenvalue weighted by Crippen LogP contribution is 2.39. The van der Waals surface area contributed by atoms with Gasteiger partial charge in [-0.3, -0.25) is 20.2 Å². The van der Waals surface area contributed by atoms with E-state index >= 15 is 0 Å². The van der Waals surface area contributed by atoms with Crippen molar-refractivity contribution in [3.05, 3.63) is 114 Å². The van der Waals surface area contributed by atoms with E-state index in [9.17, 15) is 51.5 Å². The molecule has 28 heteroatoms. The summed E-state index contributed by atoms with van der Waals surface area (Å²) in [5.74, 6) is 1.30. The van der Waals surface area contributed by atoms with Crippen molar-refractivity contribution in [1.29, 1.82) is 21.0 Å². The highest BCUT2D eigenvalue weighted by Gasteiger charge is 2.25. The third-order valence-corrected chi connectivity index (χ3v) is 11.4. The van der Waals surface area contributed by atoms with E-state index in [4.69, 9.17) is 9.47 Å². The minimum Gasteiger partial charge on any atom is -0.394 e. The molecule has 0 aliphatic heterocycles. The summed E-state index contributed by atoms with van der Waals surface area (Å²) < 4.78 is 12.8. The molecule has 0 amide bonds. The highest BCUT2D eigenvalue weighted by molar-refractivity contribution is 5.76. The Kier molecular flexibility index (Phi) is 21.3. The monoisotopic (exact) mass is 1060 g/mol. The number of pyridine rings is 2. The van der Waals surface area contributed by atoms with E-state index in [-0.39, 0.29) is 81.6 Å².